The summed E-state index contributed by atoms with van der Waals surface area (Å²) in [6.07, 6.45) is 0. The Hall–Kier alpha value is -6.01. The van der Waals surface area contributed by atoms with E-state index in [1.165, 1.54) is 44.3 Å². The van der Waals surface area contributed by atoms with Gasteiger partial charge in [-0.3, -0.25) is 14.3 Å². The summed E-state index contributed by atoms with van der Waals surface area (Å²) >= 11 is 0. The topological polar surface area (TPSA) is 140 Å². The molecular weight excluding hydrogens is 660 g/mol. The number of rotatable bonds is 12. The summed E-state index contributed by atoms with van der Waals surface area (Å²) in [6.45, 7) is 1.90. The molecule has 6 aromatic rings. The highest BCUT2D eigenvalue weighted by Gasteiger charge is 2.26. The molecule has 12 heteroatoms. The zero-order valence-electron chi connectivity index (χ0n) is 27.2. The van der Waals surface area contributed by atoms with Crippen LogP contribution in [0.4, 0.5) is 10.1 Å². The Bertz CT molecular complexity index is 2280. The molecule has 0 aliphatic rings. The number of furan rings is 1. The SMILES string of the molecule is CCS(=O)(=O)Nc1cc2oc(-c3ccc(F)cc3)c(C(=O)NC)c2cc1-c1ccc(OCc2ccccc2)c(C(=O)NCc2ccccc2)n1. The lowest BCUT2D eigenvalue weighted by Crippen LogP contribution is -2.25. The van der Waals surface area contributed by atoms with E-state index in [9.17, 15) is 22.4 Å². The highest BCUT2D eigenvalue weighted by Crippen LogP contribution is 2.40. The van der Waals surface area contributed by atoms with Crippen LogP contribution in [0.1, 0.15) is 38.9 Å². The molecule has 0 radical (unpaired) electrons. The monoisotopic (exact) mass is 692 g/mol. The van der Waals surface area contributed by atoms with Gasteiger partial charge in [0.25, 0.3) is 11.8 Å². The van der Waals surface area contributed by atoms with E-state index in [1.54, 1.807) is 18.2 Å². The number of carbonyl (C=O) groups is 2. The Morgan fingerprint density at radius 1 is 0.860 bits per heavy atom. The van der Waals surface area contributed by atoms with E-state index in [4.69, 9.17) is 14.1 Å². The Morgan fingerprint density at radius 3 is 2.20 bits per heavy atom. The molecule has 0 saturated heterocycles. The van der Waals surface area contributed by atoms with Gasteiger partial charge < -0.3 is 19.8 Å². The summed E-state index contributed by atoms with van der Waals surface area (Å²) in [7, 11) is -2.34. The van der Waals surface area contributed by atoms with Crippen LogP contribution in [-0.2, 0) is 23.2 Å². The highest BCUT2D eigenvalue weighted by atomic mass is 32.2. The molecule has 254 valence electrons. The molecule has 2 heterocycles. The van der Waals surface area contributed by atoms with Crippen molar-refractivity contribution in [2.24, 2.45) is 0 Å². The smallest absolute Gasteiger partial charge is 0.274 e. The standard InChI is InChI=1S/C38H33FN4O6S/c1-3-50(46,47)43-31-21-33-29(34(37(44)40-2)36(49-33)26-14-16-27(39)17-15-26)20-28(31)30-18-19-32(48-23-25-12-8-5-9-13-25)35(42-30)38(45)41-22-24-10-6-4-7-11-24/h4-21,43H,3,22-23H2,1-2H3,(H,40,44)(H,41,45). The third-order valence-corrected chi connectivity index (χ3v) is 9.21. The van der Waals surface area contributed by atoms with Gasteiger partial charge in [0.1, 0.15) is 23.8 Å². The summed E-state index contributed by atoms with van der Waals surface area (Å²) < 4.78 is 54.4. The molecule has 10 nitrogen and oxygen atoms in total. The Labute approximate surface area is 288 Å². The first-order chi connectivity index (χ1) is 24.2. The second-order valence-corrected chi connectivity index (χ2v) is 13.3. The van der Waals surface area contributed by atoms with Gasteiger partial charge in [0.05, 0.1) is 22.7 Å². The molecule has 6 rings (SSSR count). The van der Waals surface area contributed by atoms with Crippen LogP contribution >= 0.6 is 0 Å². The van der Waals surface area contributed by atoms with Gasteiger partial charge in [-0.05, 0) is 60.5 Å². The minimum absolute atomic E-state index is 0.0236. The molecule has 0 bridgehead atoms. The lowest BCUT2D eigenvalue weighted by Gasteiger charge is -2.15. The van der Waals surface area contributed by atoms with E-state index in [0.29, 0.717) is 10.9 Å². The summed E-state index contributed by atoms with van der Waals surface area (Å²) in [5.41, 5.74) is 3.15. The summed E-state index contributed by atoms with van der Waals surface area (Å²) in [4.78, 5) is 31.7. The van der Waals surface area contributed by atoms with Crippen LogP contribution in [0.15, 0.2) is 114 Å². The maximum absolute atomic E-state index is 13.8. The molecule has 0 atom stereocenters. The quantitative estimate of drug-likeness (QED) is 0.126. The Balaban J connectivity index is 1.50. The highest BCUT2D eigenvalue weighted by molar-refractivity contribution is 7.92. The second-order valence-electron chi connectivity index (χ2n) is 11.3. The van der Waals surface area contributed by atoms with E-state index in [1.807, 2.05) is 60.7 Å². The van der Waals surface area contributed by atoms with Gasteiger partial charge in [0.15, 0.2) is 11.4 Å². The van der Waals surface area contributed by atoms with Gasteiger partial charge in [-0.15, -0.1) is 0 Å². The number of carbonyl (C=O) groups excluding carboxylic acids is 2. The number of hydrogen-bond acceptors (Lipinski definition) is 7. The fraction of sp³-hybridized carbons (Fsp3) is 0.132. The number of halogens is 1. The van der Waals surface area contributed by atoms with Crippen LogP contribution < -0.4 is 20.1 Å². The van der Waals surface area contributed by atoms with E-state index < -0.39 is 27.7 Å². The fourth-order valence-corrected chi connectivity index (χ4v) is 5.95. The summed E-state index contributed by atoms with van der Waals surface area (Å²) in [6, 6.07) is 30.6. The van der Waals surface area contributed by atoms with Crippen molar-refractivity contribution in [3.63, 3.8) is 0 Å². The molecule has 2 amide bonds. The van der Waals surface area contributed by atoms with Crippen molar-refractivity contribution in [2.75, 3.05) is 17.5 Å². The number of sulfonamides is 1. The molecule has 3 N–H and O–H groups in total. The number of hydrogen-bond donors (Lipinski definition) is 3. The van der Waals surface area contributed by atoms with Crippen LogP contribution in [0, 0.1) is 5.82 Å². The molecule has 0 spiro atoms. The van der Waals surface area contributed by atoms with E-state index in [0.717, 1.165) is 11.1 Å². The predicted octanol–water partition coefficient (Wildman–Crippen LogP) is 6.93. The van der Waals surface area contributed by atoms with Crippen LogP contribution in [0.25, 0.3) is 33.6 Å². The van der Waals surface area contributed by atoms with E-state index in [-0.39, 0.29) is 64.2 Å². The fourth-order valence-electron chi connectivity index (χ4n) is 5.31. The molecule has 0 aliphatic carbocycles. The Morgan fingerprint density at radius 2 is 1.54 bits per heavy atom. The number of ether oxygens (including phenoxy) is 1. The maximum atomic E-state index is 13.8. The first-order valence-electron chi connectivity index (χ1n) is 15.7. The molecule has 0 saturated carbocycles. The molecular formula is C38H33FN4O6S. The summed E-state index contributed by atoms with van der Waals surface area (Å²) in [5.74, 6) is -1.29. The maximum Gasteiger partial charge on any atom is 0.274 e. The zero-order chi connectivity index (χ0) is 35.3. The number of nitrogens with zero attached hydrogens (tertiary/aromatic N) is 1. The van der Waals surface area contributed by atoms with Gasteiger partial charge in [-0.1, -0.05) is 60.7 Å². The molecule has 0 unspecified atom stereocenters. The van der Waals surface area contributed by atoms with Crippen molar-refractivity contribution < 1.29 is 31.6 Å². The van der Waals surface area contributed by atoms with Gasteiger partial charge in [0, 0.05) is 36.2 Å². The normalized spacial score (nSPS) is 11.3. The van der Waals surface area contributed by atoms with Crippen molar-refractivity contribution in [1.29, 1.82) is 0 Å². The van der Waals surface area contributed by atoms with E-state index in [2.05, 4.69) is 15.4 Å². The van der Waals surface area contributed by atoms with E-state index >= 15 is 0 Å². The average molecular weight is 693 g/mol. The molecule has 4 aromatic carbocycles. The van der Waals surface area contributed by atoms with Gasteiger partial charge in [-0.25, -0.2) is 17.8 Å². The minimum atomic E-state index is -3.81. The largest absolute Gasteiger partial charge is 0.486 e. The van der Waals surface area contributed by atoms with Crippen molar-refractivity contribution in [3.05, 3.63) is 137 Å². The second kappa shape index (κ2) is 14.6. The van der Waals surface area contributed by atoms with Crippen LogP contribution in [0.5, 0.6) is 5.75 Å². The third-order valence-electron chi connectivity index (χ3n) is 7.92. The predicted molar refractivity (Wildman–Crippen MR) is 190 cm³/mol. The van der Waals surface area contributed by atoms with Crippen LogP contribution in [0.2, 0.25) is 0 Å². The number of aromatic nitrogens is 1. The van der Waals surface area contributed by atoms with Gasteiger partial charge in [-0.2, -0.15) is 0 Å². The number of fused-ring (bicyclic) bond motifs is 1. The van der Waals surface area contributed by atoms with Crippen molar-refractivity contribution in [1.82, 2.24) is 15.6 Å². The van der Waals surface area contributed by atoms with Crippen LogP contribution in [0.3, 0.4) is 0 Å². The van der Waals surface area contributed by atoms with Crippen molar-refractivity contribution >= 4 is 38.5 Å². The lowest BCUT2D eigenvalue weighted by atomic mass is 10.0. The molecule has 0 aliphatic heterocycles. The molecule has 0 fully saturated rings. The zero-order valence-corrected chi connectivity index (χ0v) is 28.0. The number of nitrogens with one attached hydrogen (secondary N) is 3. The van der Waals surface area contributed by atoms with Gasteiger partial charge >= 0.3 is 0 Å². The average Bonchev–Trinajstić information content (AvgIpc) is 3.51. The van der Waals surface area contributed by atoms with Crippen molar-refractivity contribution in [3.8, 4) is 28.3 Å². The lowest BCUT2D eigenvalue weighted by molar-refractivity contribution is 0.0938. The number of amides is 2. The number of pyridine rings is 1. The third kappa shape index (κ3) is 7.50. The van der Waals surface area contributed by atoms with Gasteiger partial charge in [0.2, 0.25) is 10.0 Å². The molecule has 50 heavy (non-hydrogen) atoms. The number of anilines is 1. The Kier molecular flexibility index (Phi) is 9.91. The minimum Gasteiger partial charge on any atom is -0.486 e. The van der Waals surface area contributed by atoms with Crippen LogP contribution in [-0.4, -0.2) is 38.0 Å². The first kappa shape index (κ1) is 33.9. The number of benzene rings is 4. The summed E-state index contributed by atoms with van der Waals surface area (Å²) in [5, 5.41) is 5.86. The molecule has 2 aromatic heterocycles. The van der Waals surface area contributed by atoms with Crippen molar-refractivity contribution in [2.45, 2.75) is 20.1 Å². The first-order valence-corrected chi connectivity index (χ1v) is 17.4.